The highest BCUT2D eigenvalue weighted by Gasteiger charge is 2.18. The fourth-order valence-electron chi connectivity index (χ4n) is 1.41. The van der Waals surface area contributed by atoms with Gasteiger partial charge in [0.1, 0.15) is 5.76 Å². The number of furan rings is 1. The monoisotopic (exact) mass is 308 g/mol. The lowest BCUT2D eigenvalue weighted by atomic mass is 10.3. The van der Waals surface area contributed by atoms with Gasteiger partial charge in [-0.25, -0.2) is 13.1 Å². The molecular weight excluding hydrogens is 288 g/mol. The third kappa shape index (κ3) is 5.06. The molecule has 1 heterocycles. The van der Waals surface area contributed by atoms with Crippen molar-refractivity contribution >= 4 is 20.8 Å². The van der Waals surface area contributed by atoms with E-state index in [2.05, 4.69) is 10.0 Å². The van der Waals surface area contributed by atoms with Gasteiger partial charge >= 0.3 is 0 Å². The molecule has 0 radical (unpaired) electrons. The minimum atomic E-state index is -3.62. The van der Waals surface area contributed by atoms with E-state index in [-0.39, 0.29) is 16.9 Å². The Morgan fingerprint density at radius 1 is 1.42 bits per heavy atom. The highest BCUT2D eigenvalue weighted by molar-refractivity contribution is 7.89. The van der Waals surface area contributed by atoms with Crippen molar-refractivity contribution < 1.29 is 17.0 Å². The molecule has 2 N–H and O–H groups in total. The smallest absolute Gasteiger partial charge is 0.273 e. The summed E-state index contributed by atoms with van der Waals surface area (Å²) in [4.78, 5) is 0. The lowest BCUT2D eigenvalue weighted by Gasteiger charge is -2.08. The summed E-state index contributed by atoms with van der Waals surface area (Å²) in [6, 6.07) is 3.05. The fourth-order valence-corrected chi connectivity index (χ4v) is 2.85. The third-order valence-corrected chi connectivity index (χ3v) is 5.36. The van der Waals surface area contributed by atoms with Gasteiger partial charge in [-0.15, -0.1) is 0 Å². The van der Waals surface area contributed by atoms with Gasteiger partial charge < -0.3 is 9.73 Å². The van der Waals surface area contributed by atoms with Crippen LogP contribution in [-0.4, -0.2) is 37.7 Å². The molecule has 0 saturated heterocycles. The molecule has 0 fully saturated rings. The lowest BCUT2D eigenvalue weighted by Crippen LogP contribution is -2.27. The Bertz CT molecular complexity index is 525. The van der Waals surface area contributed by atoms with Crippen LogP contribution in [0, 0.1) is 0 Å². The van der Waals surface area contributed by atoms with E-state index in [1.807, 2.05) is 6.92 Å². The van der Waals surface area contributed by atoms with E-state index in [4.69, 9.17) is 4.42 Å². The summed E-state index contributed by atoms with van der Waals surface area (Å²) in [5.74, 6) is 0.561. The van der Waals surface area contributed by atoms with Gasteiger partial charge in [0, 0.05) is 28.9 Å². The molecule has 0 amide bonds. The SMILES string of the molecule is CNCc1ccc(S(=O)(=O)NCCC(C)S(C)=O)o1. The molecule has 110 valence electrons. The maximum absolute atomic E-state index is 11.9. The Hall–Kier alpha value is -0.700. The zero-order valence-electron chi connectivity index (χ0n) is 11.3. The van der Waals surface area contributed by atoms with Crippen molar-refractivity contribution in [3.8, 4) is 0 Å². The maximum Gasteiger partial charge on any atom is 0.273 e. The second kappa shape index (κ2) is 7.18. The molecule has 0 aliphatic carbocycles. The van der Waals surface area contributed by atoms with Gasteiger partial charge in [-0.05, 0) is 25.6 Å². The molecule has 1 rings (SSSR count). The normalized spacial score (nSPS) is 15.3. The summed E-state index contributed by atoms with van der Waals surface area (Å²) >= 11 is 0. The predicted molar refractivity (Wildman–Crippen MR) is 74.8 cm³/mol. The summed E-state index contributed by atoms with van der Waals surface area (Å²) in [5.41, 5.74) is 0. The van der Waals surface area contributed by atoms with Crippen LogP contribution in [0.25, 0.3) is 0 Å². The number of hydrogen-bond acceptors (Lipinski definition) is 5. The van der Waals surface area contributed by atoms with Crippen molar-refractivity contribution in [2.75, 3.05) is 19.8 Å². The molecule has 2 unspecified atom stereocenters. The Balaban J connectivity index is 2.57. The zero-order valence-corrected chi connectivity index (χ0v) is 12.9. The van der Waals surface area contributed by atoms with E-state index in [1.165, 1.54) is 6.07 Å². The molecule has 0 aromatic carbocycles. The number of rotatable bonds is 8. The maximum atomic E-state index is 11.9. The highest BCUT2D eigenvalue weighted by atomic mass is 32.2. The molecular formula is C11H20N2O4S2. The Morgan fingerprint density at radius 3 is 2.68 bits per heavy atom. The molecule has 8 heteroatoms. The van der Waals surface area contributed by atoms with Gasteiger partial charge in [0.25, 0.3) is 10.0 Å². The summed E-state index contributed by atoms with van der Waals surface area (Å²) in [6.07, 6.45) is 2.13. The van der Waals surface area contributed by atoms with Crippen LogP contribution in [0.5, 0.6) is 0 Å². The van der Waals surface area contributed by atoms with Crippen molar-refractivity contribution in [3.63, 3.8) is 0 Å². The molecule has 0 aliphatic rings. The van der Waals surface area contributed by atoms with Crippen LogP contribution >= 0.6 is 0 Å². The molecule has 6 nitrogen and oxygen atoms in total. The van der Waals surface area contributed by atoms with Crippen LogP contribution in [0.15, 0.2) is 21.6 Å². The molecule has 0 bridgehead atoms. The van der Waals surface area contributed by atoms with Crippen LogP contribution in [0.1, 0.15) is 19.1 Å². The number of hydrogen-bond donors (Lipinski definition) is 2. The van der Waals surface area contributed by atoms with Crippen molar-refractivity contribution in [2.45, 2.75) is 30.2 Å². The quantitative estimate of drug-likeness (QED) is 0.727. The minimum Gasteiger partial charge on any atom is -0.447 e. The largest absolute Gasteiger partial charge is 0.447 e. The number of sulfonamides is 1. The average molecular weight is 308 g/mol. The molecule has 19 heavy (non-hydrogen) atoms. The highest BCUT2D eigenvalue weighted by Crippen LogP contribution is 2.13. The second-order valence-corrected chi connectivity index (χ2v) is 7.75. The van der Waals surface area contributed by atoms with Crippen LogP contribution in [0.2, 0.25) is 0 Å². The van der Waals surface area contributed by atoms with Crippen molar-refractivity contribution in [1.29, 1.82) is 0 Å². The van der Waals surface area contributed by atoms with E-state index < -0.39 is 20.8 Å². The van der Waals surface area contributed by atoms with Gasteiger partial charge in [0.05, 0.1) is 6.54 Å². The third-order valence-electron chi connectivity index (χ3n) is 2.66. The first-order valence-electron chi connectivity index (χ1n) is 5.92. The topological polar surface area (TPSA) is 88.4 Å². The Labute approximate surface area is 116 Å². The van der Waals surface area contributed by atoms with Crippen molar-refractivity contribution in [3.05, 3.63) is 17.9 Å². The van der Waals surface area contributed by atoms with E-state index in [9.17, 15) is 12.6 Å². The first kappa shape index (κ1) is 16.4. The van der Waals surface area contributed by atoms with Gasteiger partial charge in [-0.2, -0.15) is 0 Å². The summed E-state index contributed by atoms with van der Waals surface area (Å²) in [7, 11) is -2.82. The molecule has 0 aliphatic heterocycles. The van der Waals surface area contributed by atoms with Crippen LogP contribution in [-0.2, 0) is 27.4 Å². The Morgan fingerprint density at radius 2 is 2.11 bits per heavy atom. The van der Waals surface area contributed by atoms with E-state index in [1.54, 1.807) is 19.4 Å². The Kier molecular flexibility index (Phi) is 6.18. The van der Waals surface area contributed by atoms with Crippen LogP contribution in [0.3, 0.4) is 0 Å². The van der Waals surface area contributed by atoms with Crippen molar-refractivity contribution in [1.82, 2.24) is 10.0 Å². The lowest BCUT2D eigenvalue weighted by molar-refractivity contribution is 0.404. The first-order valence-corrected chi connectivity index (χ1v) is 9.02. The molecule has 0 spiro atoms. The summed E-state index contributed by atoms with van der Waals surface area (Å²) < 4.78 is 42.6. The van der Waals surface area contributed by atoms with E-state index >= 15 is 0 Å². The minimum absolute atomic E-state index is 0.0425. The van der Waals surface area contributed by atoms with Gasteiger partial charge in [0.15, 0.2) is 0 Å². The standard InChI is InChI=1S/C11H20N2O4S2/c1-9(18(3)14)6-7-13-19(15,16)11-5-4-10(17-11)8-12-2/h4-5,9,12-13H,6-8H2,1-3H3. The zero-order chi connectivity index (χ0) is 14.5. The van der Waals surface area contributed by atoms with Gasteiger partial charge in [-0.1, -0.05) is 6.92 Å². The number of nitrogens with one attached hydrogen (secondary N) is 2. The van der Waals surface area contributed by atoms with Crippen LogP contribution < -0.4 is 10.0 Å². The summed E-state index contributed by atoms with van der Waals surface area (Å²) in [6.45, 7) is 2.54. The summed E-state index contributed by atoms with van der Waals surface area (Å²) in [5, 5.41) is 2.74. The average Bonchev–Trinajstić information content (AvgIpc) is 2.78. The molecule has 1 aromatic rings. The van der Waals surface area contributed by atoms with E-state index in [0.717, 1.165) is 0 Å². The second-order valence-electron chi connectivity index (χ2n) is 4.25. The van der Waals surface area contributed by atoms with Crippen molar-refractivity contribution in [2.24, 2.45) is 0 Å². The first-order chi connectivity index (χ1) is 8.86. The fraction of sp³-hybridized carbons (Fsp3) is 0.636. The predicted octanol–water partition coefficient (Wildman–Crippen LogP) is 0.434. The van der Waals surface area contributed by atoms with Gasteiger partial charge in [-0.3, -0.25) is 4.21 Å². The molecule has 1 aromatic heterocycles. The molecule has 0 saturated carbocycles. The van der Waals surface area contributed by atoms with Crippen LogP contribution in [0.4, 0.5) is 0 Å². The molecule has 2 atom stereocenters. The van der Waals surface area contributed by atoms with Gasteiger partial charge in [0.2, 0.25) is 5.09 Å². The van der Waals surface area contributed by atoms with E-state index in [0.29, 0.717) is 18.7 Å².